The number of aryl methyl sites for hydroxylation is 1. The Balaban J connectivity index is 1.55. The van der Waals surface area contributed by atoms with E-state index in [2.05, 4.69) is 30.0 Å². The summed E-state index contributed by atoms with van der Waals surface area (Å²) in [6.07, 6.45) is 6.28. The van der Waals surface area contributed by atoms with Crippen LogP contribution in [-0.4, -0.2) is 37.0 Å². The molecule has 2 N–H and O–H groups in total. The first-order valence-electron chi connectivity index (χ1n) is 9.04. The lowest BCUT2D eigenvalue weighted by Crippen LogP contribution is -2.39. The first-order chi connectivity index (χ1) is 11.1. The average molecular weight is 315 g/mol. The number of likely N-dealkylation sites (tertiary alicyclic amines) is 1. The molecule has 1 aromatic rings. The number of nitrogens with zero attached hydrogens (tertiary/aromatic N) is 2. The summed E-state index contributed by atoms with van der Waals surface area (Å²) in [6.45, 7) is 6.30. The largest absolute Gasteiger partial charge is 0.397 e. The van der Waals surface area contributed by atoms with E-state index in [1.54, 1.807) is 0 Å². The van der Waals surface area contributed by atoms with Crippen molar-refractivity contribution in [2.24, 2.45) is 5.92 Å². The van der Waals surface area contributed by atoms with Gasteiger partial charge < -0.3 is 15.5 Å². The third kappa shape index (κ3) is 3.98. The molecular formula is C19H29N3O. The van der Waals surface area contributed by atoms with Crippen LogP contribution in [0.4, 0.5) is 11.4 Å². The molecule has 0 aromatic heterocycles. The number of nitrogen functional groups attached to an aromatic ring is 1. The average Bonchev–Trinajstić information content (AvgIpc) is 3.07. The Morgan fingerprint density at radius 1 is 1.22 bits per heavy atom. The van der Waals surface area contributed by atoms with E-state index >= 15 is 0 Å². The highest BCUT2D eigenvalue weighted by molar-refractivity contribution is 5.77. The fourth-order valence-electron chi connectivity index (χ4n) is 3.83. The van der Waals surface area contributed by atoms with Crippen LogP contribution in [0.15, 0.2) is 18.2 Å². The van der Waals surface area contributed by atoms with Gasteiger partial charge in [-0.3, -0.25) is 4.79 Å². The van der Waals surface area contributed by atoms with Gasteiger partial charge in [-0.2, -0.15) is 0 Å². The number of carbonyl (C=O) groups is 1. The number of rotatable bonds is 4. The summed E-state index contributed by atoms with van der Waals surface area (Å²) in [5, 5.41) is 0. The van der Waals surface area contributed by atoms with Gasteiger partial charge in [0.15, 0.2) is 0 Å². The molecule has 126 valence electrons. The molecule has 4 nitrogen and oxygen atoms in total. The minimum Gasteiger partial charge on any atom is -0.397 e. The third-order valence-corrected chi connectivity index (χ3v) is 5.18. The van der Waals surface area contributed by atoms with Crippen LogP contribution in [-0.2, 0) is 11.2 Å². The third-order valence-electron chi connectivity index (χ3n) is 5.18. The standard InChI is InChI=1S/C19H29N3O/c1-15-5-4-12-22(14-15)19(23)9-7-16-6-8-18(17(20)13-16)21-10-2-3-11-21/h6,8,13,15H,2-5,7,9-12,14,20H2,1H3. The highest BCUT2D eigenvalue weighted by Crippen LogP contribution is 2.28. The van der Waals surface area contributed by atoms with Crippen molar-refractivity contribution in [1.29, 1.82) is 0 Å². The minimum absolute atomic E-state index is 0.291. The van der Waals surface area contributed by atoms with Crippen LogP contribution in [0, 0.1) is 5.92 Å². The molecule has 2 aliphatic heterocycles. The lowest BCUT2D eigenvalue weighted by atomic mass is 9.99. The predicted molar refractivity (Wildman–Crippen MR) is 95.6 cm³/mol. The van der Waals surface area contributed by atoms with Crippen LogP contribution >= 0.6 is 0 Å². The maximum absolute atomic E-state index is 12.4. The topological polar surface area (TPSA) is 49.6 Å². The molecule has 2 fully saturated rings. The Morgan fingerprint density at radius 3 is 2.70 bits per heavy atom. The van der Waals surface area contributed by atoms with Crippen molar-refractivity contribution in [2.45, 2.75) is 45.4 Å². The number of hydrogen-bond donors (Lipinski definition) is 1. The number of hydrogen-bond acceptors (Lipinski definition) is 3. The molecule has 2 heterocycles. The number of nitrogens with two attached hydrogens (primary N) is 1. The van der Waals surface area contributed by atoms with Crippen molar-refractivity contribution >= 4 is 17.3 Å². The quantitative estimate of drug-likeness (QED) is 0.869. The number of carbonyl (C=O) groups excluding carboxylic acids is 1. The number of piperidine rings is 1. The Kier molecular flexibility index (Phi) is 5.09. The molecule has 2 aliphatic rings. The van der Waals surface area contributed by atoms with Crippen molar-refractivity contribution in [3.63, 3.8) is 0 Å². The first-order valence-corrected chi connectivity index (χ1v) is 9.04. The summed E-state index contributed by atoms with van der Waals surface area (Å²) in [5.41, 5.74) is 9.41. The van der Waals surface area contributed by atoms with Gasteiger partial charge in [0.1, 0.15) is 0 Å². The first kappa shape index (κ1) is 16.2. The number of amides is 1. The Hall–Kier alpha value is -1.71. The lowest BCUT2D eigenvalue weighted by molar-refractivity contribution is -0.132. The maximum Gasteiger partial charge on any atom is 0.222 e. The lowest BCUT2D eigenvalue weighted by Gasteiger charge is -2.31. The van der Waals surface area contributed by atoms with Crippen LogP contribution in [0.2, 0.25) is 0 Å². The zero-order valence-corrected chi connectivity index (χ0v) is 14.3. The smallest absolute Gasteiger partial charge is 0.222 e. The molecule has 0 aliphatic carbocycles. The zero-order valence-electron chi connectivity index (χ0n) is 14.3. The fourth-order valence-corrected chi connectivity index (χ4v) is 3.83. The summed E-state index contributed by atoms with van der Waals surface area (Å²) in [6, 6.07) is 6.32. The van der Waals surface area contributed by atoms with Crippen molar-refractivity contribution < 1.29 is 4.79 Å². The van der Waals surface area contributed by atoms with Crippen LogP contribution in [0.3, 0.4) is 0 Å². The number of anilines is 2. The van der Waals surface area contributed by atoms with Crippen LogP contribution in [0.1, 0.15) is 44.6 Å². The molecule has 1 amide bonds. The van der Waals surface area contributed by atoms with Gasteiger partial charge in [0.2, 0.25) is 5.91 Å². The van der Waals surface area contributed by atoms with E-state index in [-0.39, 0.29) is 0 Å². The second-order valence-electron chi connectivity index (χ2n) is 7.17. The van der Waals surface area contributed by atoms with Crippen molar-refractivity contribution in [3.8, 4) is 0 Å². The van der Waals surface area contributed by atoms with Gasteiger partial charge in [-0.15, -0.1) is 0 Å². The van der Waals surface area contributed by atoms with E-state index in [0.717, 1.165) is 50.4 Å². The summed E-state index contributed by atoms with van der Waals surface area (Å²) < 4.78 is 0. The maximum atomic E-state index is 12.4. The van der Waals surface area contributed by atoms with Gasteiger partial charge >= 0.3 is 0 Å². The normalized spacial score (nSPS) is 21.7. The number of benzene rings is 1. The molecule has 4 heteroatoms. The Labute approximate surface area is 139 Å². The summed E-state index contributed by atoms with van der Waals surface area (Å²) in [4.78, 5) is 16.8. The van der Waals surface area contributed by atoms with Crippen molar-refractivity contribution in [2.75, 3.05) is 36.8 Å². The van der Waals surface area contributed by atoms with E-state index in [4.69, 9.17) is 5.73 Å². The molecule has 0 spiro atoms. The molecule has 0 bridgehead atoms. The Morgan fingerprint density at radius 2 is 2.00 bits per heavy atom. The minimum atomic E-state index is 0.291. The van der Waals surface area contributed by atoms with Crippen LogP contribution in [0.25, 0.3) is 0 Å². The van der Waals surface area contributed by atoms with Gasteiger partial charge in [0.05, 0.1) is 11.4 Å². The van der Waals surface area contributed by atoms with Gasteiger partial charge in [0, 0.05) is 32.6 Å². The van der Waals surface area contributed by atoms with Crippen LogP contribution in [0.5, 0.6) is 0 Å². The molecule has 1 atom stereocenters. The van der Waals surface area contributed by atoms with Gasteiger partial charge in [-0.25, -0.2) is 0 Å². The molecule has 2 saturated heterocycles. The molecule has 1 unspecified atom stereocenters. The molecule has 0 radical (unpaired) electrons. The predicted octanol–water partition coefficient (Wildman–Crippen LogP) is 3.06. The molecule has 1 aromatic carbocycles. The second kappa shape index (κ2) is 7.24. The highest BCUT2D eigenvalue weighted by Gasteiger charge is 2.20. The van der Waals surface area contributed by atoms with Crippen molar-refractivity contribution in [1.82, 2.24) is 4.90 Å². The summed E-state index contributed by atoms with van der Waals surface area (Å²) in [7, 11) is 0. The molecule has 3 rings (SSSR count). The van der Waals surface area contributed by atoms with Gasteiger partial charge in [0.25, 0.3) is 0 Å². The van der Waals surface area contributed by atoms with Gasteiger partial charge in [-0.1, -0.05) is 13.0 Å². The van der Waals surface area contributed by atoms with Gasteiger partial charge in [-0.05, 0) is 55.7 Å². The van der Waals surface area contributed by atoms with E-state index in [0.29, 0.717) is 18.2 Å². The Bertz CT molecular complexity index is 552. The van der Waals surface area contributed by atoms with Crippen LogP contribution < -0.4 is 10.6 Å². The zero-order chi connectivity index (χ0) is 16.2. The molecule has 0 saturated carbocycles. The fraction of sp³-hybridized carbons (Fsp3) is 0.632. The SMILES string of the molecule is CC1CCCN(C(=O)CCc2ccc(N3CCCC3)c(N)c2)C1. The summed E-state index contributed by atoms with van der Waals surface area (Å²) >= 11 is 0. The molecule has 23 heavy (non-hydrogen) atoms. The highest BCUT2D eigenvalue weighted by atomic mass is 16.2. The monoisotopic (exact) mass is 315 g/mol. The van der Waals surface area contributed by atoms with E-state index in [9.17, 15) is 4.79 Å². The second-order valence-corrected chi connectivity index (χ2v) is 7.17. The van der Waals surface area contributed by atoms with E-state index < -0.39 is 0 Å². The van der Waals surface area contributed by atoms with E-state index in [1.807, 2.05) is 4.90 Å². The van der Waals surface area contributed by atoms with E-state index in [1.165, 1.54) is 24.8 Å². The van der Waals surface area contributed by atoms with Crippen molar-refractivity contribution in [3.05, 3.63) is 23.8 Å². The summed E-state index contributed by atoms with van der Waals surface area (Å²) in [5.74, 6) is 0.932. The molecular weight excluding hydrogens is 286 g/mol.